The van der Waals surface area contributed by atoms with E-state index in [1.165, 1.54) is 0 Å². The molecule has 86 valence electrons. The topological polar surface area (TPSA) is 67.4 Å². The number of ether oxygens (including phenoxy) is 1. The Morgan fingerprint density at radius 2 is 1.94 bits per heavy atom. The Labute approximate surface area is 93.8 Å². The molecule has 0 spiro atoms. The van der Waals surface area contributed by atoms with Crippen LogP contribution in [0.5, 0.6) is 0 Å². The van der Waals surface area contributed by atoms with Crippen LogP contribution in [0.3, 0.4) is 0 Å². The summed E-state index contributed by atoms with van der Waals surface area (Å²) < 4.78 is 4.83. The van der Waals surface area contributed by atoms with E-state index in [0.29, 0.717) is 6.54 Å². The molecule has 0 radical (unpaired) electrons. The number of nitrogens with one attached hydrogen (secondary N) is 2. The third kappa shape index (κ3) is 4.45. The lowest BCUT2D eigenvalue weighted by atomic mass is 10.2. The molecule has 0 aliphatic carbocycles. The molecule has 0 aliphatic heterocycles. The number of imide groups is 1. The van der Waals surface area contributed by atoms with Gasteiger partial charge in [-0.05, 0) is 12.5 Å². The van der Waals surface area contributed by atoms with Crippen molar-refractivity contribution >= 4 is 12.1 Å². The fourth-order valence-electron chi connectivity index (χ4n) is 1.06. The third-order valence-electron chi connectivity index (χ3n) is 1.77. The van der Waals surface area contributed by atoms with Gasteiger partial charge < -0.3 is 10.1 Å². The van der Waals surface area contributed by atoms with Gasteiger partial charge in [-0.15, -0.1) is 0 Å². The predicted octanol–water partition coefficient (Wildman–Crippen LogP) is 1.64. The summed E-state index contributed by atoms with van der Waals surface area (Å²) >= 11 is 0. The van der Waals surface area contributed by atoms with E-state index < -0.39 is 12.1 Å². The van der Waals surface area contributed by atoms with Crippen molar-refractivity contribution in [2.24, 2.45) is 0 Å². The molecule has 0 bridgehead atoms. The van der Waals surface area contributed by atoms with Crippen LogP contribution in [0.25, 0.3) is 0 Å². The number of amides is 3. The second-order valence-corrected chi connectivity index (χ2v) is 3.05. The van der Waals surface area contributed by atoms with Gasteiger partial charge in [0.2, 0.25) is 0 Å². The van der Waals surface area contributed by atoms with Crippen LogP contribution in [-0.2, 0) is 11.3 Å². The average Bonchev–Trinajstić information content (AvgIpc) is 2.28. The quantitative estimate of drug-likeness (QED) is 0.817. The summed E-state index contributed by atoms with van der Waals surface area (Å²) in [5, 5.41) is 4.46. The van der Waals surface area contributed by atoms with E-state index in [1.807, 2.05) is 35.6 Å². The molecule has 3 amide bonds. The SMILES string of the molecule is CCNC(=O)NC(=O)OCc1ccccc1. The van der Waals surface area contributed by atoms with Gasteiger partial charge in [-0.3, -0.25) is 0 Å². The maximum absolute atomic E-state index is 11.1. The van der Waals surface area contributed by atoms with Crippen molar-refractivity contribution in [3.63, 3.8) is 0 Å². The number of hydrogen-bond donors (Lipinski definition) is 2. The van der Waals surface area contributed by atoms with Crippen molar-refractivity contribution in [3.05, 3.63) is 35.9 Å². The van der Waals surface area contributed by atoms with Gasteiger partial charge in [0.15, 0.2) is 0 Å². The first-order chi connectivity index (χ1) is 7.72. The molecule has 1 rings (SSSR count). The number of rotatable bonds is 3. The fourth-order valence-corrected chi connectivity index (χ4v) is 1.06. The summed E-state index contributed by atoms with van der Waals surface area (Å²) in [5.41, 5.74) is 0.869. The molecule has 1 aromatic carbocycles. The van der Waals surface area contributed by atoms with Gasteiger partial charge in [-0.25, -0.2) is 14.9 Å². The van der Waals surface area contributed by atoms with Crippen molar-refractivity contribution in [3.8, 4) is 0 Å². The van der Waals surface area contributed by atoms with Gasteiger partial charge in [0.05, 0.1) is 0 Å². The molecule has 1 aromatic rings. The molecule has 0 atom stereocenters. The lowest BCUT2D eigenvalue weighted by Crippen LogP contribution is -2.39. The van der Waals surface area contributed by atoms with E-state index >= 15 is 0 Å². The van der Waals surface area contributed by atoms with Gasteiger partial charge in [0.1, 0.15) is 6.61 Å². The summed E-state index contributed by atoms with van der Waals surface area (Å²) in [4.78, 5) is 22.0. The highest BCUT2D eigenvalue weighted by Gasteiger charge is 2.06. The van der Waals surface area contributed by atoms with Crippen LogP contribution in [0.4, 0.5) is 9.59 Å². The summed E-state index contributed by atoms with van der Waals surface area (Å²) in [6.07, 6.45) is -0.755. The van der Waals surface area contributed by atoms with E-state index in [4.69, 9.17) is 4.74 Å². The zero-order valence-corrected chi connectivity index (χ0v) is 9.03. The second-order valence-electron chi connectivity index (χ2n) is 3.05. The molecule has 16 heavy (non-hydrogen) atoms. The number of carbonyl (C=O) groups excluding carboxylic acids is 2. The van der Waals surface area contributed by atoms with E-state index in [9.17, 15) is 9.59 Å². The van der Waals surface area contributed by atoms with Crippen molar-refractivity contribution < 1.29 is 14.3 Å². The smallest absolute Gasteiger partial charge is 0.415 e. The summed E-state index contributed by atoms with van der Waals surface area (Å²) in [7, 11) is 0. The van der Waals surface area contributed by atoms with Crippen LogP contribution in [0.1, 0.15) is 12.5 Å². The Kier molecular flexibility index (Phi) is 4.85. The van der Waals surface area contributed by atoms with Crippen molar-refractivity contribution in [2.45, 2.75) is 13.5 Å². The number of carbonyl (C=O) groups is 2. The highest BCUT2D eigenvalue weighted by molar-refractivity contribution is 5.90. The minimum atomic E-state index is -0.755. The van der Waals surface area contributed by atoms with Gasteiger partial charge in [-0.2, -0.15) is 0 Å². The third-order valence-corrected chi connectivity index (χ3v) is 1.77. The first kappa shape index (κ1) is 12.0. The zero-order chi connectivity index (χ0) is 11.8. The van der Waals surface area contributed by atoms with Crippen LogP contribution in [0.15, 0.2) is 30.3 Å². The average molecular weight is 222 g/mol. The van der Waals surface area contributed by atoms with Crippen LogP contribution in [-0.4, -0.2) is 18.7 Å². The van der Waals surface area contributed by atoms with Crippen LogP contribution in [0.2, 0.25) is 0 Å². The molecule has 0 saturated carbocycles. The minimum absolute atomic E-state index is 0.145. The molecule has 0 aliphatic rings. The second kappa shape index (κ2) is 6.44. The highest BCUT2D eigenvalue weighted by atomic mass is 16.5. The fraction of sp³-hybridized carbons (Fsp3) is 0.273. The molecule has 0 fully saturated rings. The number of benzene rings is 1. The summed E-state index contributed by atoms with van der Waals surface area (Å²) in [5.74, 6) is 0. The van der Waals surface area contributed by atoms with Crippen molar-refractivity contribution in [1.82, 2.24) is 10.6 Å². The first-order valence-corrected chi connectivity index (χ1v) is 4.98. The van der Waals surface area contributed by atoms with E-state index in [1.54, 1.807) is 6.92 Å². The van der Waals surface area contributed by atoms with Crippen LogP contribution in [0, 0.1) is 0 Å². The van der Waals surface area contributed by atoms with Gasteiger partial charge in [-0.1, -0.05) is 30.3 Å². The largest absolute Gasteiger partial charge is 0.444 e. The number of urea groups is 1. The Morgan fingerprint density at radius 3 is 2.56 bits per heavy atom. The van der Waals surface area contributed by atoms with E-state index in [-0.39, 0.29) is 6.61 Å². The molecule has 0 heterocycles. The maximum atomic E-state index is 11.1. The highest BCUT2D eigenvalue weighted by Crippen LogP contribution is 2.00. The number of hydrogen-bond acceptors (Lipinski definition) is 3. The summed E-state index contributed by atoms with van der Waals surface area (Å²) in [6.45, 7) is 2.36. The number of alkyl carbamates (subject to hydrolysis) is 1. The monoisotopic (exact) mass is 222 g/mol. The summed E-state index contributed by atoms with van der Waals surface area (Å²) in [6, 6.07) is 8.68. The van der Waals surface area contributed by atoms with Gasteiger partial charge >= 0.3 is 12.1 Å². The lowest BCUT2D eigenvalue weighted by molar-refractivity contribution is 0.141. The standard InChI is InChI=1S/C11H14N2O3/c1-2-12-10(14)13-11(15)16-8-9-6-4-3-5-7-9/h3-7H,2,8H2,1H3,(H2,12,13,14,15). The first-order valence-electron chi connectivity index (χ1n) is 4.98. The van der Waals surface area contributed by atoms with Crippen molar-refractivity contribution in [1.29, 1.82) is 0 Å². The molecule has 0 unspecified atom stereocenters. The Bertz CT molecular complexity index is 352. The minimum Gasteiger partial charge on any atom is -0.444 e. The van der Waals surface area contributed by atoms with Gasteiger partial charge in [0, 0.05) is 6.54 Å². The molecule has 0 saturated heterocycles. The van der Waals surface area contributed by atoms with E-state index in [0.717, 1.165) is 5.56 Å². The molecular formula is C11H14N2O3. The Balaban J connectivity index is 2.28. The van der Waals surface area contributed by atoms with Crippen LogP contribution >= 0.6 is 0 Å². The molecular weight excluding hydrogens is 208 g/mol. The predicted molar refractivity (Wildman–Crippen MR) is 58.8 cm³/mol. The Morgan fingerprint density at radius 1 is 1.25 bits per heavy atom. The molecule has 5 heteroatoms. The van der Waals surface area contributed by atoms with Crippen molar-refractivity contribution in [2.75, 3.05) is 6.54 Å². The van der Waals surface area contributed by atoms with Gasteiger partial charge in [0.25, 0.3) is 0 Å². The zero-order valence-electron chi connectivity index (χ0n) is 9.03. The normalized spacial score (nSPS) is 9.31. The molecule has 5 nitrogen and oxygen atoms in total. The van der Waals surface area contributed by atoms with E-state index in [2.05, 4.69) is 5.32 Å². The van der Waals surface area contributed by atoms with Crippen LogP contribution < -0.4 is 10.6 Å². The maximum Gasteiger partial charge on any atom is 0.415 e. The molecule has 2 N–H and O–H groups in total. The Hall–Kier alpha value is -2.04. The molecule has 0 aromatic heterocycles. The lowest BCUT2D eigenvalue weighted by Gasteiger charge is -2.06.